The van der Waals surface area contributed by atoms with Crippen LogP contribution in [0.1, 0.15) is 25.0 Å². The van der Waals surface area contributed by atoms with Crippen molar-refractivity contribution in [1.82, 2.24) is 19.3 Å². The molecule has 0 unspecified atom stereocenters. The van der Waals surface area contributed by atoms with Crippen LogP contribution in [0.5, 0.6) is 0 Å². The van der Waals surface area contributed by atoms with Crippen molar-refractivity contribution in [3.05, 3.63) is 71.8 Å². The number of pyridine rings is 2. The third-order valence-electron chi connectivity index (χ3n) is 5.62. The van der Waals surface area contributed by atoms with E-state index in [1.54, 1.807) is 40.5 Å². The lowest BCUT2D eigenvalue weighted by Gasteiger charge is -2.17. The van der Waals surface area contributed by atoms with E-state index < -0.39 is 33.0 Å². The Balaban J connectivity index is 1.91. The average molecular weight is 518 g/mol. The summed E-state index contributed by atoms with van der Waals surface area (Å²) < 4.78 is 81.2. The van der Waals surface area contributed by atoms with E-state index in [1.165, 1.54) is 18.3 Å². The minimum atomic E-state index is -4.77. The Morgan fingerprint density at radius 2 is 1.92 bits per heavy atom. The average Bonchev–Trinajstić information content (AvgIpc) is 3.16. The van der Waals surface area contributed by atoms with Gasteiger partial charge < -0.3 is 0 Å². The molecule has 1 atom stereocenters. The zero-order chi connectivity index (χ0) is 26.3. The maximum Gasteiger partial charge on any atom is 0.404 e. The van der Waals surface area contributed by atoms with Gasteiger partial charge in [-0.1, -0.05) is 13.0 Å². The maximum atomic E-state index is 14.7. The SMILES string of the molecule is CCc1cc2c(cc1F)c(C#N)c(-c1ccc(S(=O)(=O)N[C@@H](C)C(F)(F)F)cn1)n2-c1ccccn1. The minimum absolute atomic E-state index is 0.0872. The van der Waals surface area contributed by atoms with Crippen molar-refractivity contribution < 1.29 is 26.0 Å². The Labute approximate surface area is 204 Å². The molecule has 4 aromatic rings. The summed E-state index contributed by atoms with van der Waals surface area (Å²) in [5.41, 5.74) is 1.39. The standard InChI is InChI=1S/C24H19F4N5O2S/c1-3-15-10-21-17(11-19(15)25)18(12-29)23(33(21)22-6-4-5-9-30-22)20-8-7-16(13-31-20)36(34,35)32-14(2)24(26,27)28/h4-11,13-14,32H,3H2,1-2H3/t14-/m0/s1. The molecule has 36 heavy (non-hydrogen) atoms. The van der Waals surface area contributed by atoms with Crippen molar-refractivity contribution >= 4 is 20.9 Å². The fourth-order valence-corrected chi connectivity index (χ4v) is 4.92. The zero-order valence-corrected chi connectivity index (χ0v) is 19.8. The van der Waals surface area contributed by atoms with Gasteiger partial charge in [0.1, 0.15) is 28.6 Å². The molecule has 0 aliphatic carbocycles. The molecule has 186 valence electrons. The van der Waals surface area contributed by atoms with Crippen LogP contribution in [0.25, 0.3) is 28.1 Å². The van der Waals surface area contributed by atoms with Crippen LogP contribution in [-0.4, -0.2) is 35.2 Å². The van der Waals surface area contributed by atoms with Crippen molar-refractivity contribution in [2.45, 2.75) is 37.4 Å². The molecule has 0 amide bonds. The van der Waals surface area contributed by atoms with Gasteiger partial charge in [0.15, 0.2) is 0 Å². The van der Waals surface area contributed by atoms with E-state index in [0.717, 1.165) is 12.3 Å². The summed E-state index contributed by atoms with van der Waals surface area (Å²) in [6.45, 7) is 2.48. The van der Waals surface area contributed by atoms with Gasteiger partial charge in [-0.05, 0) is 55.3 Å². The quantitative estimate of drug-likeness (QED) is 0.367. The fourth-order valence-electron chi connectivity index (χ4n) is 3.75. The van der Waals surface area contributed by atoms with Gasteiger partial charge >= 0.3 is 6.18 Å². The Bertz CT molecular complexity index is 1580. The molecular formula is C24H19F4N5O2S. The summed E-state index contributed by atoms with van der Waals surface area (Å²) in [6.07, 6.45) is -1.92. The first-order valence-corrected chi connectivity index (χ1v) is 12.2. The molecule has 0 fully saturated rings. The molecule has 0 aliphatic heterocycles. The summed E-state index contributed by atoms with van der Waals surface area (Å²) in [5.74, 6) is -0.0719. The zero-order valence-electron chi connectivity index (χ0n) is 19.0. The molecule has 1 N–H and O–H groups in total. The van der Waals surface area contributed by atoms with Gasteiger partial charge in [0, 0.05) is 17.8 Å². The van der Waals surface area contributed by atoms with E-state index in [1.807, 2.05) is 0 Å². The highest BCUT2D eigenvalue weighted by molar-refractivity contribution is 7.89. The van der Waals surface area contributed by atoms with Gasteiger partial charge in [0.05, 0.1) is 22.5 Å². The molecule has 3 heterocycles. The number of nitrogens with zero attached hydrogens (tertiary/aromatic N) is 4. The molecule has 0 spiro atoms. The van der Waals surface area contributed by atoms with Gasteiger partial charge in [0.25, 0.3) is 0 Å². The number of rotatable bonds is 6. The maximum absolute atomic E-state index is 14.7. The van der Waals surface area contributed by atoms with E-state index in [2.05, 4.69) is 16.0 Å². The number of halogens is 4. The molecule has 0 saturated heterocycles. The van der Waals surface area contributed by atoms with Crippen LogP contribution < -0.4 is 4.72 Å². The fraction of sp³-hybridized carbons (Fsp3) is 0.208. The van der Waals surface area contributed by atoms with Gasteiger partial charge in [-0.25, -0.2) is 17.8 Å². The second kappa shape index (κ2) is 9.33. The van der Waals surface area contributed by atoms with Crippen molar-refractivity contribution in [3.63, 3.8) is 0 Å². The van der Waals surface area contributed by atoms with Crippen molar-refractivity contribution in [2.24, 2.45) is 0 Å². The third-order valence-corrected chi connectivity index (χ3v) is 7.14. The Morgan fingerprint density at radius 3 is 2.47 bits per heavy atom. The smallest absolute Gasteiger partial charge is 0.291 e. The summed E-state index contributed by atoms with van der Waals surface area (Å²) in [6, 6.07) is 10.1. The first-order valence-electron chi connectivity index (χ1n) is 10.7. The molecule has 0 aliphatic rings. The molecule has 4 rings (SSSR count). The normalized spacial score (nSPS) is 13.0. The van der Waals surface area contributed by atoms with Crippen molar-refractivity contribution in [1.29, 1.82) is 5.26 Å². The number of alkyl halides is 3. The minimum Gasteiger partial charge on any atom is -0.291 e. The second-order valence-electron chi connectivity index (χ2n) is 7.94. The summed E-state index contributed by atoms with van der Waals surface area (Å²) >= 11 is 0. The van der Waals surface area contributed by atoms with E-state index in [4.69, 9.17) is 0 Å². The largest absolute Gasteiger partial charge is 0.404 e. The van der Waals surface area contributed by atoms with Crippen LogP contribution in [0, 0.1) is 17.1 Å². The molecule has 0 bridgehead atoms. The monoisotopic (exact) mass is 517 g/mol. The third kappa shape index (κ3) is 4.55. The van der Waals surface area contributed by atoms with Gasteiger partial charge in [-0.2, -0.15) is 23.2 Å². The summed E-state index contributed by atoms with van der Waals surface area (Å²) in [4.78, 5) is 8.00. The predicted octanol–water partition coefficient (Wildman–Crippen LogP) is 4.89. The van der Waals surface area contributed by atoms with E-state index in [0.29, 0.717) is 35.6 Å². The van der Waals surface area contributed by atoms with Crippen LogP contribution in [0.4, 0.5) is 17.6 Å². The highest BCUT2D eigenvalue weighted by Gasteiger charge is 2.39. The Hall–Kier alpha value is -3.82. The molecule has 1 aromatic carbocycles. The predicted molar refractivity (Wildman–Crippen MR) is 124 cm³/mol. The number of hydrogen-bond acceptors (Lipinski definition) is 5. The topological polar surface area (TPSA) is 101 Å². The number of hydrogen-bond donors (Lipinski definition) is 1. The van der Waals surface area contributed by atoms with E-state index >= 15 is 0 Å². The Kier molecular flexibility index (Phi) is 6.55. The molecule has 3 aromatic heterocycles. The van der Waals surface area contributed by atoms with Crippen molar-refractivity contribution in [2.75, 3.05) is 0 Å². The van der Waals surface area contributed by atoms with Gasteiger partial charge in [-0.3, -0.25) is 9.55 Å². The highest BCUT2D eigenvalue weighted by Crippen LogP contribution is 2.36. The van der Waals surface area contributed by atoms with Crippen LogP contribution in [-0.2, 0) is 16.4 Å². The lowest BCUT2D eigenvalue weighted by molar-refractivity contribution is -0.147. The van der Waals surface area contributed by atoms with Crippen LogP contribution in [0.2, 0.25) is 0 Å². The number of fused-ring (bicyclic) bond motifs is 1. The summed E-state index contributed by atoms with van der Waals surface area (Å²) in [5, 5.41) is 10.3. The van der Waals surface area contributed by atoms with Crippen LogP contribution >= 0.6 is 0 Å². The van der Waals surface area contributed by atoms with E-state index in [9.17, 15) is 31.2 Å². The molecule has 0 saturated carbocycles. The number of nitrogens with one attached hydrogen (secondary N) is 1. The molecular weight excluding hydrogens is 498 g/mol. The summed E-state index contributed by atoms with van der Waals surface area (Å²) in [7, 11) is -4.53. The number of nitriles is 1. The molecule has 12 heteroatoms. The lowest BCUT2D eigenvalue weighted by Crippen LogP contribution is -2.42. The number of aromatic nitrogens is 3. The number of benzene rings is 1. The first kappa shape index (κ1) is 25.3. The van der Waals surface area contributed by atoms with Gasteiger partial charge in [-0.15, -0.1) is 0 Å². The second-order valence-corrected chi connectivity index (χ2v) is 9.65. The number of aryl methyl sites for hydroxylation is 1. The Morgan fingerprint density at radius 1 is 1.17 bits per heavy atom. The van der Waals surface area contributed by atoms with Crippen LogP contribution in [0.15, 0.2) is 59.8 Å². The lowest BCUT2D eigenvalue weighted by atomic mass is 10.1. The van der Waals surface area contributed by atoms with E-state index in [-0.39, 0.29) is 17.0 Å². The highest BCUT2D eigenvalue weighted by atomic mass is 32.2. The molecule has 0 radical (unpaired) electrons. The van der Waals surface area contributed by atoms with Crippen molar-refractivity contribution in [3.8, 4) is 23.3 Å². The first-order chi connectivity index (χ1) is 17.0. The molecule has 7 nitrogen and oxygen atoms in total. The van der Waals surface area contributed by atoms with Gasteiger partial charge in [0.2, 0.25) is 10.0 Å². The van der Waals surface area contributed by atoms with Crippen LogP contribution in [0.3, 0.4) is 0 Å². The number of sulfonamides is 1.